The number of fused-ring (bicyclic) bond motifs is 1. The number of hydrogen-bond acceptors (Lipinski definition) is 5. The number of sulfonamides is 1. The van der Waals surface area contributed by atoms with Crippen molar-refractivity contribution in [3.8, 4) is 0 Å². The number of amides is 1. The molecule has 0 aliphatic carbocycles. The minimum Gasteiger partial charge on any atom is -0.369 e. The number of unbranched alkanes of at least 4 members (excludes halogenated alkanes) is 3. The van der Waals surface area contributed by atoms with Crippen LogP contribution in [0.4, 0.5) is 5.69 Å². The highest BCUT2D eigenvalue weighted by Crippen LogP contribution is 2.30. The fourth-order valence-corrected chi connectivity index (χ4v) is 6.01. The molecule has 2 heterocycles. The molecule has 0 unspecified atom stereocenters. The van der Waals surface area contributed by atoms with Crippen LogP contribution in [0.1, 0.15) is 36.0 Å². The molecule has 2 aromatic rings. The average Bonchev–Trinajstić information content (AvgIpc) is 2.97. The smallest absolute Gasteiger partial charge is 0.269 e. The summed E-state index contributed by atoms with van der Waals surface area (Å²) in [5.74, 6) is -0.394. The molecule has 8 heteroatoms. The Morgan fingerprint density at radius 1 is 0.806 bits per heavy atom. The number of rotatable bonds is 8. The van der Waals surface area contributed by atoms with Gasteiger partial charge in [-0.25, -0.2) is 12.7 Å². The molecule has 166 valence electrons. The Morgan fingerprint density at radius 3 is 2.13 bits per heavy atom. The molecule has 2 aliphatic heterocycles. The molecule has 0 saturated carbocycles. The van der Waals surface area contributed by atoms with E-state index in [9.17, 15) is 13.2 Å². The summed E-state index contributed by atoms with van der Waals surface area (Å²) < 4.78 is 26.1. The number of halogens is 1. The van der Waals surface area contributed by atoms with Gasteiger partial charge < -0.3 is 4.90 Å². The first-order valence-corrected chi connectivity index (χ1v) is 12.7. The first kappa shape index (κ1) is 22.1. The van der Waals surface area contributed by atoms with Gasteiger partial charge in [0, 0.05) is 43.4 Å². The maximum atomic E-state index is 12.6. The first-order valence-electron chi connectivity index (χ1n) is 10.9. The van der Waals surface area contributed by atoms with Crippen molar-refractivity contribution in [2.75, 3.05) is 44.2 Å². The molecule has 31 heavy (non-hydrogen) atoms. The predicted octanol–water partition coefficient (Wildman–Crippen LogP) is 3.87. The molecule has 0 spiro atoms. The largest absolute Gasteiger partial charge is 0.369 e. The zero-order valence-corrected chi connectivity index (χ0v) is 19.1. The van der Waals surface area contributed by atoms with Crippen LogP contribution in [-0.4, -0.2) is 62.8 Å². The van der Waals surface area contributed by atoms with E-state index in [1.165, 1.54) is 11.8 Å². The second kappa shape index (κ2) is 9.59. The quantitative estimate of drug-likeness (QED) is 0.558. The maximum Gasteiger partial charge on any atom is 0.269 e. The van der Waals surface area contributed by atoms with Crippen molar-refractivity contribution in [2.45, 2.75) is 30.6 Å². The highest BCUT2D eigenvalue weighted by Gasteiger charge is 2.40. The summed E-state index contributed by atoms with van der Waals surface area (Å²) >= 11 is 5.97. The van der Waals surface area contributed by atoms with Gasteiger partial charge in [-0.1, -0.05) is 36.6 Å². The lowest BCUT2D eigenvalue weighted by Crippen LogP contribution is -2.46. The minimum absolute atomic E-state index is 0.137. The Hall–Kier alpha value is -2.09. The van der Waals surface area contributed by atoms with Crippen LogP contribution in [0.3, 0.4) is 0 Å². The SMILES string of the molecule is O=C1c2ccccc2S(=O)(=O)N1CCCCCCN1CCN(c2ccc(Cl)cc2)CC1. The van der Waals surface area contributed by atoms with Crippen LogP contribution in [-0.2, 0) is 10.0 Å². The zero-order chi connectivity index (χ0) is 21.8. The fourth-order valence-electron chi connectivity index (χ4n) is 4.28. The van der Waals surface area contributed by atoms with E-state index >= 15 is 0 Å². The summed E-state index contributed by atoms with van der Waals surface area (Å²) in [5, 5.41) is 0.763. The van der Waals surface area contributed by atoms with E-state index in [4.69, 9.17) is 11.6 Å². The fraction of sp³-hybridized carbons (Fsp3) is 0.435. The first-order chi connectivity index (χ1) is 15.0. The van der Waals surface area contributed by atoms with Gasteiger partial charge in [0.25, 0.3) is 15.9 Å². The highest BCUT2D eigenvalue weighted by molar-refractivity contribution is 7.90. The molecule has 2 aliphatic rings. The molecular weight excluding hydrogens is 434 g/mol. The molecule has 6 nitrogen and oxygen atoms in total. The summed E-state index contributed by atoms with van der Waals surface area (Å²) in [4.78, 5) is 17.4. The van der Waals surface area contributed by atoms with E-state index < -0.39 is 15.9 Å². The molecule has 0 N–H and O–H groups in total. The molecule has 0 aromatic heterocycles. The van der Waals surface area contributed by atoms with Crippen molar-refractivity contribution in [1.82, 2.24) is 9.21 Å². The van der Waals surface area contributed by atoms with Crippen molar-refractivity contribution in [1.29, 1.82) is 0 Å². The van der Waals surface area contributed by atoms with E-state index in [1.807, 2.05) is 12.1 Å². The third-order valence-electron chi connectivity index (χ3n) is 6.06. The van der Waals surface area contributed by atoms with Gasteiger partial charge in [-0.05, 0) is 55.8 Å². The average molecular weight is 462 g/mol. The van der Waals surface area contributed by atoms with E-state index in [-0.39, 0.29) is 11.4 Å². The molecule has 4 rings (SSSR count). The van der Waals surface area contributed by atoms with Gasteiger partial charge in [0.2, 0.25) is 0 Å². The van der Waals surface area contributed by atoms with Crippen LogP contribution in [0.15, 0.2) is 53.4 Å². The molecule has 1 fully saturated rings. The number of hydrogen-bond donors (Lipinski definition) is 0. The van der Waals surface area contributed by atoms with Crippen LogP contribution in [0, 0.1) is 0 Å². The van der Waals surface area contributed by atoms with E-state index in [1.54, 1.807) is 18.2 Å². The number of benzene rings is 2. The molecule has 0 bridgehead atoms. The number of anilines is 1. The number of carbonyl (C=O) groups is 1. The van der Waals surface area contributed by atoms with Crippen molar-refractivity contribution in [3.63, 3.8) is 0 Å². The Bertz CT molecular complexity index is 1020. The summed E-state index contributed by atoms with van der Waals surface area (Å²) in [7, 11) is -3.67. The molecule has 0 radical (unpaired) electrons. The molecular formula is C23H28ClN3O3S. The van der Waals surface area contributed by atoms with Gasteiger partial charge in [-0.15, -0.1) is 0 Å². The highest BCUT2D eigenvalue weighted by atomic mass is 35.5. The van der Waals surface area contributed by atoms with E-state index in [2.05, 4.69) is 21.9 Å². The molecule has 0 atom stereocenters. The third-order valence-corrected chi connectivity index (χ3v) is 8.15. The van der Waals surface area contributed by atoms with Gasteiger partial charge in [-0.2, -0.15) is 0 Å². The van der Waals surface area contributed by atoms with Crippen LogP contribution in [0.5, 0.6) is 0 Å². The number of nitrogens with zero attached hydrogens (tertiary/aromatic N) is 3. The van der Waals surface area contributed by atoms with Crippen LogP contribution in [0.2, 0.25) is 5.02 Å². The van der Waals surface area contributed by atoms with Crippen molar-refractivity contribution in [2.24, 2.45) is 0 Å². The second-order valence-electron chi connectivity index (χ2n) is 8.10. The summed E-state index contributed by atoms with van der Waals surface area (Å²) in [6.45, 7) is 5.42. The van der Waals surface area contributed by atoms with Crippen molar-refractivity contribution >= 4 is 33.2 Å². The van der Waals surface area contributed by atoms with Gasteiger partial charge >= 0.3 is 0 Å². The lowest BCUT2D eigenvalue weighted by molar-refractivity contribution is 0.0869. The minimum atomic E-state index is -3.67. The summed E-state index contributed by atoms with van der Waals surface area (Å²) in [6, 6.07) is 14.5. The topological polar surface area (TPSA) is 60.9 Å². The summed E-state index contributed by atoms with van der Waals surface area (Å²) in [5.41, 5.74) is 1.51. The molecule has 2 aromatic carbocycles. The van der Waals surface area contributed by atoms with Crippen molar-refractivity contribution < 1.29 is 13.2 Å². The van der Waals surface area contributed by atoms with E-state index in [0.29, 0.717) is 12.0 Å². The Labute approximate surface area is 189 Å². The molecule has 1 saturated heterocycles. The van der Waals surface area contributed by atoms with Crippen LogP contribution in [0.25, 0.3) is 0 Å². The third kappa shape index (κ3) is 4.89. The van der Waals surface area contributed by atoms with Gasteiger partial charge in [0.1, 0.15) is 4.90 Å². The number of carbonyl (C=O) groups excluding carboxylic acids is 1. The summed E-state index contributed by atoms with van der Waals surface area (Å²) in [6.07, 6.45) is 3.73. The van der Waals surface area contributed by atoms with Crippen molar-refractivity contribution in [3.05, 3.63) is 59.1 Å². The molecule has 1 amide bonds. The lowest BCUT2D eigenvalue weighted by atomic mass is 10.1. The van der Waals surface area contributed by atoms with E-state index in [0.717, 1.165) is 61.3 Å². The number of piperazine rings is 1. The van der Waals surface area contributed by atoms with Crippen LogP contribution < -0.4 is 4.90 Å². The Balaban J connectivity index is 1.14. The maximum absolute atomic E-state index is 12.6. The van der Waals surface area contributed by atoms with Gasteiger partial charge in [-0.3, -0.25) is 9.69 Å². The zero-order valence-electron chi connectivity index (χ0n) is 17.5. The normalized spacial score (nSPS) is 18.4. The monoisotopic (exact) mass is 461 g/mol. The van der Waals surface area contributed by atoms with Gasteiger partial charge in [0.15, 0.2) is 0 Å². The second-order valence-corrected chi connectivity index (χ2v) is 10.4. The predicted molar refractivity (Wildman–Crippen MR) is 123 cm³/mol. The Morgan fingerprint density at radius 2 is 1.45 bits per heavy atom. The standard InChI is InChI=1S/C23H28ClN3O3S/c24-19-9-11-20(12-10-19)26-17-15-25(16-18-26)13-5-1-2-6-14-27-23(28)21-7-3-4-8-22(21)31(27,29)30/h3-4,7-12H,1-2,5-6,13-18H2. The Kier molecular flexibility index (Phi) is 6.84. The van der Waals surface area contributed by atoms with Gasteiger partial charge in [0.05, 0.1) is 5.56 Å². The lowest BCUT2D eigenvalue weighted by Gasteiger charge is -2.36. The van der Waals surface area contributed by atoms with Crippen LogP contribution >= 0.6 is 11.6 Å².